The molecule has 3 aliphatic carbocycles. The van der Waals surface area contributed by atoms with Crippen LogP contribution in [-0.4, -0.2) is 120 Å². The zero-order valence-electron chi connectivity index (χ0n) is 31.3. The highest BCUT2D eigenvalue weighted by Gasteiger charge is 2.32. The number of esters is 5. The molecule has 0 aromatic heterocycles. The summed E-state index contributed by atoms with van der Waals surface area (Å²) >= 11 is 0. The summed E-state index contributed by atoms with van der Waals surface area (Å²) in [6.07, 6.45) is 11.2. The number of hydrogen-bond acceptors (Lipinski definition) is 16. The number of ether oxygens (including phenoxy) is 11. The van der Waals surface area contributed by atoms with Crippen molar-refractivity contribution in [1.82, 2.24) is 0 Å². The highest BCUT2D eigenvalue weighted by atomic mass is 16.7. The first kappa shape index (κ1) is 45.0. The molecular weight excluding hydrogens is 712 g/mol. The molecule has 0 unspecified atom stereocenters. The summed E-state index contributed by atoms with van der Waals surface area (Å²) in [4.78, 5) is 58.6. The number of carbonyl (C=O) groups is 5. The Balaban J connectivity index is 1.12. The largest absolute Gasteiger partial charge is 0.462 e. The highest BCUT2D eigenvalue weighted by molar-refractivity contribution is 5.81. The third kappa shape index (κ3) is 19.8. The molecule has 0 aliphatic heterocycles. The van der Waals surface area contributed by atoms with E-state index in [0.29, 0.717) is 25.7 Å². The standard InChI is InChI=1S/C38H58O16/c1-3-34(39)47-22-21-46-25-44-20-18-37(42)53-32-7-5-28(6-8-32)38(43)54-33-15-13-31(14-16-33)52-27-51-30-11-9-29(10-12-30)50-26-45-19-17-36(41)49-24-23-48-35(40)4-2/h3-4,28-33H,1-2,5-27H2. The first-order chi connectivity index (χ1) is 26.2. The Morgan fingerprint density at radius 3 is 1.44 bits per heavy atom. The molecule has 0 atom stereocenters. The van der Waals surface area contributed by atoms with Crippen molar-refractivity contribution in [3.63, 3.8) is 0 Å². The van der Waals surface area contributed by atoms with Gasteiger partial charge in [-0.05, 0) is 77.0 Å². The summed E-state index contributed by atoms with van der Waals surface area (Å²) in [5.74, 6) is -2.25. The van der Waals surface area contributed by atoms with Gasteiger partial charge >= 0.3 is 29.8 Å². The Kier molecular flexibility index (Phi) is 22.7. The summed E-state index contributed by atoms with van der Waals surface area (Å²) in [5, 5.41) is 0. The van der Waals surface area contributed by atoms with Crippen LogP contribution in [0.1, 0.15) is 89.9 Å². The van der Waals surface area contributed by atoms with Crippen LogP contribution in [0.2, 0.25) is 0 Å². The molecule has 3 aliphatic rings. The summed E-state index contributed by atoms with van der Waals surface area (Å²) in [5.41, 5.74) is 0. The lowest BCUT2D eigenvalue weighted by atomic mass is 9.87. The Morgan fingerprint density at radius 1 is 0.444 bits per heavy atom. The van der Waals surface area contributed by atoms with Crippen molar-refractivity contribution in [2.75, 3.05) is 60.0 Å². The molecule has 54 heavy (non-hydrogen) atoms. The van der Waals surface area contributed by atoms with Gasteiger partial charge in [-0.1, -0.05) is 13.2 Å². The van der Waals surface area contributed by atoms with E-state index in [1.165, 1.54) is 0 Å². The van der Waals surface area contributed by atoms with Crippen LogP contribution in [0.4, 0.5) is 0 Å². The van der Waals surface area contributed by atoms with Gasteiger partial charge in [0.15, 0.2) is 0 Å². The van der Waals surface area contributed by atoms with Crippen molar-refractivity contribution in [2.24, 2.45) is 5.92 Å². The zero-order valence-corrected chi connectivity index (χ0v) is 31.3. The van der Waals surface area contributed by atoms with Gasteiger partial charge < -0.3 is 52.1 Å². The van der Waals surface area contributed by atoms with Crippen LogP contribution in [0.3, 0.4) is 0 Å². The van der Waals surface area contributed by atoms with Crippen LogP contribution >= 0.6 is 0 Å². The van der Waals surface area contributed by atoms with E-state index in [1.54, 1.807) is 0 Å². The van der Waals surface area contributed by atoms with Crippen molar-refractivity contribution >= 4 is 29.8 Å². The number of carbonyl (C=O) groups excluding carboxylic acids is 5. The number of hydrogen-bond donors (Lipinski definition) is 0. The monoisotopic (exact) mass is 770 g/mol. The number of rotatable bonds is 26. The topological polar surface area (TPSA) is 187 Å². The van der Waals surface area contributed by atoms with Crippen LogP contribution in [0, 0.1) is 5.92 Å². The van der Waals surface area contributed by atoms with Gasteiger partial charge in [0.2, 0.25) is 0 Å². The molecule has 16 heteroatoms. The molecule has 3 fully saturated rings. The maximum Gasteiger partial charge on any atom is 0.330 e. The van der Waals surface area contributed by atoms with Crippen molar-refractivity contribution in [3.8, 4) is 0 Å². The van der Waals surface area contributed by atoms with E-state index in [9.17, 15) is 24.0 Å². The van der Waals surface area contributed by atoms with Crippen molar-refractivity contribution in [1.29, 1.82) is 0 Å². The average molecular weight is 771 g/mol. The fourth-order valence-corrected chi connectivity index (χ4v) is 6.22. The molecule has 0 spiro atoms. The molecule has 0 saturated heterocycles. The summed E-state index contributed by atoms with van der Waals surface area (Å²) < 4.78 is 59.4. The predicted molar refractivity (Wildman–Crippen MR) is 188 cm³/mol. The smallest absolute Gasteiger partial charge is 0.330 e. The Bertz CT molecular complexity index is 1140. The minimum Gasteiger partial charge on any atom is -0.462 e. The van der Waals surface area contributed by atoms with Crippen molar-refractivity contribution < 1.29 is 76.1 Å². The van der Waals surface area contributed by atoms with Crippen molar-refractivity contribution in [3.05, 3.63) is 25.3 Å². The Morgan fingerprint density at radius 2 is 0.870 bits per heavy atom. The van der Waals surface area contributed by atoms with E-state index in [4.69, 9.17) is 52.1 Å². The SMILES string of the molecule is C=CC(=O)OCCOCOCCC(=O)OC1CCC(C(=O)OC2CCC(OCOC3CCC(OCOCCC(=O)OCCOC(=O)C=C)CC3)CC2)CC1. The minimum absolute atomic E-state index is 0.0175. The molecule has 306 valence electrons. The molecule has 0 aromatic rings. The second-order valence-electron chi connectivity index (χ2n) is 13.2. The van der Waals surface area contributed by atoms with E-state index < -0.39 is 17.9 Å². The zero-order chi connectivity index (χ0) is 38.8. The van der Waals surface area contributed by atoms with E-state index >= 15 is 0 Å². The lowest BCUT2D eigenvalue weighted by Crippen LogP contribution is -2.34. The lowest BCUT2D eigenvalue weighted by Gasteiger charge is -2.32. The van der Waals surface area contributed by atoms with Gasteiger partial charge in [-0.15, -0.1) is 0 Å². The molecule has 0 radical (unpaired) electrons. The summed E-state index contributed by atoms with van der Waals surface area (Å²) in [6, 6.07) is 0. The Hall–Kier alpha value is -3.41. The van der Waals surface area contributed by atoms with Crippen LogP contribution < -0.4 is 0 Å². The first-order valence-electron chi connectivity index (χ1n) is 19.0. The van der Waals surface area contributed by atoms with Crippen molar-refractivity contribution in [2.45, 2.75) is 120 Å². The van der Waals surface area contributed by atoms with Gasteiger partial charge in [0.1, 0.15) is 52.4 Å². The second kappa shape index (κ2) is 27.2. The molecule has 0 bridgehead atoms. The van der Waals surface area contributed by atoms with E-state index in [2.05, 4.69) is 13.2 Å². The third-order valence-corrected chi connectivity index (χ3v) is 9.29. The fraction of sp³-hybridized carbons (Fsp3) is 0.763. The second-order valence-corrected chi connectivity index (χ2v) is 13.2. The first-order valence-corrected chi connectivity index (χ1v) is 19.0. The molecular formula is C38H58O16. The molecule has 16 nitrogen and oxygen atoms in total. The minimum atomic E-state index is -0.567. The van der Waals surface area contributed by atoms with E-state index in [-0.39, 0.29) is 121 Å². The predicted octanol–water partition coefficient (Wildman–Crippen LogP) is 4.01. The van der Waals surface area contributed by atoms with E-state index in [1.807, 2.05) is 0 Å². The maximum absolute atomic E-state index is 12.9. The van der Waals surface area contributed by atoms with Crippen LogP contribution in [0.5, 0.6) is 0 Å². The molecule has 0 heterocycles. The van der Waals surface area contributed by atoms with Gasteiger partial charge in [0, 0.05) is 12.2 Å². The lowest BCUT2D eigenvalue weighted by molar-refractivity contribution is -0.166. The molecule has 0 aromatic carbocycles. The molecule has 3 rings (SSSR count). The van der Waals surface area contributed by atoms with Crippen LogP contribution in [0.25, 0.3) is 0 Å². The maximum atomic E-state index is 12.9. The average Bonchev–Trinajstić information content (AvgIpc) is 3.18. The molecule has 0 amide bonds. The highest BCUT2D eigenvalue weighted by Crippen LogP contribution is 2.30. The Labute approximate surface area is 317 Å². The quantitative estimate of drug-likeness (QED) is 0.0403. The third-order valence-electron chi connectivity index (χ3n) is 9.29. The van der Waals surface area contributed by atoms with E-state index in [0.717, 1.165) is 63.5 Å². The van der Waals surface area contributed by atoms with Crippen LogP contribution in [-0.2, 0) is 76.1 Å². The summed E-state index contributed by atoms with van der Waals surface area (Å²) in [6.45, 7) is 7.43. The van der Waals surface area contributed by atoms with Crippen LogP contribution in [0.15, 0.2) is 25.3 Å². The fourth-order valence-electron chi connectivity index (χ4n) is 6.22. The van der Waals surface area contributed by atoms with Gasteiger partial charge in [-0.2, -0.15) is 0 Å². The van der Waals surface area contributed by atoms with Gasteiger partial charge in [-0.25, -0.2) is 9.59 Å². The molecule has 0 N–H and O–H groups in total. The van der Waals surface area contributed by atoms with Gasteiger partial charge in [-0.3, -0.25) is 14.4 Å². The summed E-state index contributed by atoms with van der Waals surface area (Å²) in [7, 11) is 0. The normalized spacial score (nSPS) is 24.1. The van der Waals surface area contributed by atoms with Gasteiger partial charge in [0.05, 0.1) is 56.9 Å². The van der Waals surface area contributed by atoms with Gasteiger partial charge in [0.25, 0.3) is 0 Å². The molecule has 3 saturated carbocycles.